The number of benzene rings is 2. The number of halogens is 1. The lowest BCUT2D eigenvalue weighted by Gasteiger charge is -2.30. The van der Waals surface area contributed by atoms with E-state index in [0.717, 1.165) is 22.5 Å². The van der Waals surface area contributed by atoms with Gasteiger partial charge in [-0.05, 0) is 61.4 Å². The number of aromatic nitrogens is 3. The average Bonchev–Trinajstić information content (AvgIpc) is 2.91. The quantitative estimate of drug-likeness (QED) is 0.324. The van der Waals surface area contributed by atoms with Crippen molar-refractivity contribution in [2.75, 3.05) is 20.9 Å². The molecule has 37 heavy (non-hydrogen) atoms. The van der Waals surface area contributed by atoms with Crippen molar-refractivity contribution in [1.82, 2.24) is 15.0 Å². The number of carbonyl (C=O) groups is 2. The molecule has 186 valence electrons. The summed E-state index contributed by atoms with van der Waals surface area (Å²) in [5.74, 6) is 0.403. The first-order chi connectivity index (χ1) is 17.9. The Balaban J connectivity index is 1.34. The molecule has 0 spiro atoms. The minimum absolute atomic E-state index is 0.254. The molecule has 2 aromatic heterocycles. The topological polar surface area (TPSA) is 112 Å². The van der Waals surface area contributed by atoms with Gasteiger partial charge in [0.2, 0.25) is 5.95 Å². The molecule has 0 bridgehead atoms. The maximum absolute atomic E-state index is 13.0. The van der Waals surface area contributed by atoms with Gasteiger partial charge in [-0.25, -0.2) is 14.2 Å². The second-order valence-corrected chi connectivity index (χ2v) is 8.69. The first kappa shape index (κ1) is 23.9. The first-order valence-electron chi connectivity index (χ1n) is 11.6. The molecule has 0 fully saturated rings. The summed E-state index contributed by atoms with van der Waals surface area (Å²) in [5.41, 5.74) is 5.14. The van der Waals surface area contributed by atoms with Crippen LogP contribution in [0, 0.1) is 13.8 Å². The molecule has 2 aromatic carbocycles. The third-order valence-corrected chi connectivity index (χ3v) is 5.93. The van der Waals surface area contributed by atoms with Gasteiger partial charge in [-0.2, -0.15) is 4.98 Å². The van der Waals surface area contributed by atoms with Crippen molar-refractivity contribution in [2.45, 2.75) is 27.1 Å². The van der Waals surface area contributed by atoms with Crippen molar-refractivity contribution in [3.8, 4) is 0 Å². The van der Waals surface area contributed by atoms with Crippen molar-refractivity contribution in [3.05, 3.63) is 94.9 Å². The van der Waals surface area contributed by atoms with Crippen molar-refractivity contribution in [3.63, 3.8) is 0 Å². The van der Waals surface area contributed by atoms with E-state index < -0.39 is 6.67 Å². The highest BCUT2D eigenvalue weighted by Gasteiger charge is 2.27. The Kier molecular flexibility index (Phi) is 6.46. The number of alkyl halides is 1. The first-order valence-corrected chi connectivity index (χ1v) is 11.6. The molecule has 0 unspecified atom stereocenters. The number of hydrogen-bond acceptors (Lipinski definition) is 6. The number of nitrogens with zero attached hydrogens (tertiary/aromatic N) is 4. The van der Waals surface area contributed by atoms with E-state index in [1.807, 2.05) is 32.0 Å². The summed E-state index contributed by atoms with van der Waals surface area (Å²) < 4.78 is 13.0. The van der Waals surface area contributed by atoms with Crippen molar-refractivity contribution < 1.29 is 14.0 Å². The predicted molar refractivity (Wildman–Crippen MR) is 140 cm³/mol. The molecule has 3 amide bonds. The van der Waals surface area contributed by atoms with Gasteiger partial charge in [-0.1, -0.05) is 18.2 Å². The van der Waals surface area contributed by atoms with E-state index in [9.17, 15) is 14.0 Å². The molecule has 4 aromatic rings. The molecular formula is C27H24FN7O2. The highest BCUT2D eigenvalue weighted by molar-refractivity contribution is 6.06. The Morgan fingerprint density at radius 3 is 2.68 bits per heavy atom. The summed E-state index contributed by atoms with van der Waals surface area (Å²) in [6.07, 6.45) is 3.35. The normalized spacial score (nSPS) is 12.5. The van der Waals surface area contributed by atoms with Crippen LogP contribution in [0.2, 0.25) is 0 Å². The van der Waals surface area contributed by atoms with Crippen molar-refractivity contribution in [1.29, 1.82) is 0 Å². The van der Waals surface area contributed by atoms with Crippen LogP contribution in [0.4, 0.5) is 38.0 Å². The van der Waals surface area contributed by atoms with E-state index >= 15 is 0 Å². The third-order valence-electron chi connectivity index (χ3n) is 5.93. The van der Waals surface area contributed by atoms with Gasteiger partial charge in [0, 0.05) is 28.7 Å². The van der Waals surface area contributed by atoms with Gasteiger partial charge < -0.3 is 10.6 Å². The van der Waals surface area contributed by atoms with E-state index in [4.69, 9.17) is 0 Å². The zero-order valence-electron chi connectivity index (χ0n) is 20.2. The van der Waals surface area contributed by atoms with Crippen LogP contribution in [0.25, 0.3) is 0 Å². The standard InChI is InChI=1S/C27H24FN7O2/c1-16-6-8-21(31-25(36)19-5-3-4-18(10-19)12-28)11-23(16)35-15-20-13-30-26(33-24(20)34-27(35)37)32-22-9-7-17(2)29-14-22/h3-11,13-14H,12,15H2,1-2H3,(H,31,36)(H2,30,32,33,34,37). The summed E-state index contributed by atoms with van der Waals surface area (Å²) in [6, 6.07) is 15.1. The predicted octanol–water partition coefficient (Wildman–Crippen LogP) is 5.51. The van der Waals surface area contributed by atoms with E-state index in [1.54, 1.807) is 47.6 Å². The van der Waals surface area contributed by atoms with Crippen LogP contribution in [-0.2, 0) is 13.2 Å². The lowest BCUT2D eigenvalue weighted by Crippen LogP contribution is -2.39. The van der Waals surface area contributed by atoms with Gasteiger partial charge in [0.15, 0.2) is 0 Å². The number of nitrogens with one attached hydrogen (secondary N) is 3. The number of anilines is 5. The summed E-state index contributed by atoms with van der Waals surface area (Å²) in [7, 11) is 0. The zero-order chi connectivity index (χ0) is 25.9. The zero-order valence-corrected chi connectivity index (χ0v) is 20.2. The lowest BCUT2D eigenvalue weighted by atomic mass is 10.1. The molecule has 0 saturated carbocycles. The maximum atomic E-state index is 13.0. The van der Waals surface area contributed by atoms with E-state index in [-0.39, 0.29) is 18.5 Å². The van der Waals surface area contributed by atoms with Gasteiger partial charge in [0.1, 0.15) is 12.5 Å². The Morgan fingerprint density at radius 2 is 1.89 bits per heavy atom. The van der Waals surface area contributed by atoms with Crippen molar-refractivity contribution >= 4 is 40.8 Å². The van der Waals surface area contributed by atoms with Crippen LogP contribution < -0.4 is 20.9 Å². The Morgan fingerprint density at radius 1 is 1.05 bits per heavy atom. The smallest absolute Gasteiger partial charge is 0.323 e. The summed E-state index contributed by atoms with van der Waals surface area (Å²) in [4.78, 5) is 40.4. The Hall–Kier alpha value is -4.86. The SMILES string of the molecule is Cc1ccc(Nc2ncc3c(n2)NC(=O)N(c2cc(NC(=O)c4cccc(CF)c4)ccc2C)C3)cn1. The van der Waals surface area contributed by atoms with Crippen LogP contribution in [-0.4, -0.2) is 26.9 Å². The summed E-state index contributed by atoms with van der Waals surface area (Å²) in [5, 5.41) is 8.74. The fourth-order valence-electron chi connectivity index (χ4n) is 3.94. The molecule has 5 rings (SSSR count). The molecule has 0 aliphatic carbocycles. The van der Waals surface area contributed by atoms with Crippen LogP contribution in [0.1, 0.15) is 32.7 Å². The molecular weight excluding hydrogens is 473 g/mol. The molecule has 1 aliphatic rings. The number of rotatable bonds is 6. The summed E-state index contributed by atoms with van der Waals surface area (Å²) in [6.45, 7) is 3.39. The lowest BCUT2D eigenvalue weighted by molar-refractivity contribution is 0.102. The minimum atomic E-state index is -0.647. The second kappa shape index (κ2) is 10.0. The van der Waals surface area contributed by atoms with Crippen molar-refractivity contribution in [2.24, 2.45) is 0 Å². The number of amides is 3. The van der Waals surface area contributed by atoms with Gasteiger partial charge in [-0.15, -0.1) is 0 Å². The number of carbonyl (C=O) groups excluding carboxylic acids is 2. The number of hydrogen-bond donors (Lipinski definition) is 3. The average molecular weight is 498 g/mol. The Labute approximate surface area is 212 Å². The maximum Gasteiger partial charge on any atom is 0.327 e. The van der Waals surface area contributed by atoms with Gasteiger partial charge in [0.25, 0.3) is 5.91 Å². The molecule has 3 N–H and O–H groups in total. The molecule has 0 radical (unpaired) electrons. The van der Waals surface area contributed by atoms with Crippen LogP contribution in [0.3, 0.4) is 0 Å². The highest BCUT2D eigenvalue weighted by atomic mass is 19.1. The number of pyridine rings is 1. The number of fused-ring (bicyclic) bond motifs is 1. The van der Waals surface area contributed by atoms with E-state index in [0.29, 0.717) is 34.3 Å². The molecule has 9 nitrogen and oxygen atoms in total. The van der Waals surface area contributed by atoms with Gasteiger partial charge in [0.05, 0.1) is 24.1 Å². The molecule has 3 heterocycles. The van der Waals surface area contributed by atoms with Crippen LogP contribution in [0.15, 0.2) is 67.0 Å². The highest BCUT2D eigenvalue weighted by Crippen LogP contribution is 2.31. The molecule has 1 aliphatic heterocycles. The minimum Gasteiger partial charge on any atom is -0.323 e. The van der Waals surface area contributed by atoms with Gasteiger partial charge >= 0.3 is 6.03 Å². The number of aryl methyl sites for hydroxylation is 2. The Bertz CT molecular complexity index is 1490. The number of urea groups is 1. The van der Waals surface area contributed by atoms with E-state index in [1.165, 1.54) is 6.07 Å². The fraction of sp³-hybridized carbons (Fsp3) is 0.148. The fourth-order valence-corrected chi connectivity index (χ4v) is 3.94. The molecule has 10 heteroatoms. The van der Waals surface area contributed by atoms with Gasteiger partial charge in [-0.3, -0.25) is 20.0 Å². The summed E-state index contributed by atoms with van der Waals surface area (Å²) >= 11 is 0. The molecule has 0 atom stereocenters. The van der Waals surface area contributed by atoms with E-state index in [2.05, 4.69) is 30.9 Å². The third kappa shape index (κ3) is 5.22. The molecule has 0 saturated heterocycles. The van der Waals surface area contributed by atoms with Crippen LogP contribution >= 0.6 is 0 Å². The largest absolute Gasteiger partial charge is 0.327 e. The van der Waals surface area contributed by atoms with Crippen LogP contribution in [0.5, 0.6) is 0 Å². The second-order valence-electron chi connectivity index (χ2n) is 8.69. The monoisotopic (exact) mass is 497 g/mol.